The van der Waals surface area contributed by atoms with Crippen molar-refractivity contribution >= 4 is 11.4 Å². The van der Waals surface area contributed by atoms with Crippen LogP contribution in [0.5, 0.6) is 5.75 Å². The number of anilines is 2. The first-order valence-electron chi connectivity index (χ1n) is 7.53. The maximum atomic E-state index is 6.02. The van der Waals surface area contributed by atoms with E-state index in [4.69, 9.17) is 10.5 Å². The SMILES string of the molecule is COc1cccc2c1NC(CCc1ccccc1N)CC2. The van der Waals surface area contributed by atoms with Crippen molar-refractivity contribution in [2.45, 2.75) is 31.7 Å². The van der Waals surface area contributed by atoms with Crippen molar-refractivity contribution in [3.05, 3.63) is 53.6 Å². The van der Waals surface area contributed by atoms with Crippen molar-refractivity contribution in [2.24, 2.45) is 0 Å². The summed E-state index contributed by atoms with van der Waals surface area (Å²) < 4.78 is 5.46. The first kappa shape index (κ1) is 13.8. The van der Waals surface area contributed by atoms with Gasteiger partial charge < -0.3 is 15.8 Å². The molecule has 0 fully saturated rings. The summed E-state index contributed by atoms with van der Waals surface area (Å²) in [5.74, 6) is 0.941. The number of aryl methyl sites for hydroxylation is 2. The quantitative estimate of drug-likeness (QED) is 0.842. The van der Waals surface area contributed by atoms with Crippen LogP contribution >= 0.6 is 0 Å². The van der Waals surface area contributed by atoms with Gasteiger partial charge in [-0.05, 0) is 48.9 Å². The number of methoxy groups -OCH3 is 1. The number of nitrogen functional groups attached to an aromatic ring is 1. The number of fused-ring (bicyclic) bond motifs is 1. The minimum absolute atomic E-state index is 0.480. The van der Waals surface area contributed by atoms with Gasteiger partial charge in [-0.3, -0.25) is 0 Å². The lowest BCUT2D eigenvalue weighted by molar-refractivity contribution is 0.413. The smallest absolute Gasteiger partial charge is 0.142 e. The molecule has 3 heteroatoms. The largest absolute Gasteiger partial charge is 0.495 e. The summed E-state index contributed by atoms with van der Waals surface area (Å²) in [6, 6.07) is 14.9. The Labute approximate surface area is 126 Å². The van der Waals surface area contributed by atoms with E-state index in [-0.39, 0.29) is 0 Å². The van der Waals surface area contributed by atoms with E-state index in [0.717, 1.165) is 42.8 Å². The molecule has 3 N–H and O–H groups in total. The monoisotopic (exact) mass is 282 g/mol. The van der Waals surface area contributed by atoms with Crippen LogP contribution in [0, 0.1) is 0 Å². The second-order valence-corrected chi connectivity index (χ2v) is 5.61. The highest BCUT2D eigenvalue weighted by Gasteiger charge is 2.20. The molecule has 0 amide bonds. The molecule has 0 saturated carbocycles. The summed E-state index contributed by atoms with van der Waals surface area (Å²) in [5, 5.41) is 3.64. The predicted molar refractivity (Wildman–Crippen MR) is 87.9 cm³/mol. The molecule has 0 spiro atoms. The molecule has 1 unspecified atom stereocenters. The first-order valence-corrected chi connectivity index (χ1v) is 7.53. The molecule has 3 rings (SSSR count). The average molecular weight is 282 g/mol. The van der Waals surface area contributed by atoms with Crippen LogP contribution in [0.2, 0.25) is 0 Å². The topological polar surface area (TPSA) is 47.3 Å². The molecule has 2 aromatic rings. The number of nitrogens with one attached hydrogen (secondary N) is 1. The van der Waals surface area contributed by atoms with Gasteiger partial charge in [0.05, 0.1) is 12.8 Å². The van der Waals surface area contributed by atoms with Gasteiger partial charge in [-0.1, -0.05) is 30.3 Å². The van der Waals surface area contributed by atoms with Gasteiger partial charge in [-0.15, -0.1) is 0 Å². The van der Waals surface area contributed by atoms with E-state index in [1.165, 1.54) is 11.1 Å². The van der Waals surface area contributed by atoms with Crippen LogP contribution in [-0.2, 0) is 12.8 Å². The normalized spacial score (nSPS) is 16.9. The third kappa shape index (κ3) is 2.97. The molecule has 0 saturated heterocycles. The molecule has 0 radical (unpaired) electrons. The molecule has 21 heavy (non-hydrogen) atoms. The molecule has 0 aromatic heterocycles. The molecule has 2 aromatic carbocycles. The summed E-state index contributed by atoms with van der Waals surface area (Å²) in [6.45, 7) is 0. The van der Waals surface area contributed by atoms with E-state index in [9.17, 15) is 0 Å². The average Bonchev–Trinajstić information content (AvgIpc) is 2.53. The van der Waals surface area contributed by atoms with Crippen molar-refractivity contribution in [1.29, 1.82) is 0 Å². The van der Waals surface area contributed by atoms with E-state index in [1.807, 2.05) is 18.2 Å². The molecule has 1 atom stereocenters. The number of hydrogen-bond donors (Lipinski definition) is 2. The van der Waals surface area contributed by atoms with Crippen LogP contribution in [-0.4, -0.2) is 13.2 Å². The van der Waals surface area contributed by atoms with E-state index >= 15 is 0 Å². The van der Waals surface area contributed by atoms with E-state index < -0.39 is 0 Å². The van der Waals surface area contributed by atoms with Crippen LogP contribution in [0.15, 0.2) is 42.5 Å². The summed E-state index contributed by atoms with van der Waals surface area (Å²) >= 11 is 0. The van der Waals surface area contributed by atoms with Gasteiger partial charge in [-0.25, -0.2) is 0 Å². The fourth-order valence-corrected chi connectivity index (χ4v) is 3.03. The van der Waals surface area contributed by atoms with Gasteiger partial charge in [-0.2, -0.15) is 0 Å². The molecular weight excluding hydrogens is 260 g/mol. The zero-order valence-electron chi connectivity index (χ0n) is 12.4. The Hall–Kier alpha value is -2.16. The summed E-state index contributed by atoms with van der Waals surface area (Å²) in [5.41, 5.74) is 10.7. The maximum absolute atomic E-state index is 6.02. The van der Waals surface area contributed by atoms with Crippen molar-refractivity contribution in [1.82, 2.24) is 0 Å². The van der Waals surface area contributed by atoms with E-state index in [1.54, 1.807) is 7.11 Å². The molecule has 1 heterocycles. The van der Waals surface area contributed by atoms with Crippen LogP contribution < -0.4 is 15.8 Å². The Morgan fingerprint density at radius 3 is 2.86 bits per heavy atom. The lowest BCUT2D eigenvalue weighted by atomic mass is 9.93. The molecule has 1 aliphatic heterocycles. The highest BCUT2D eigenvalue weighted by Crippen LogP contribution is 2.34. The minimum Gasteiger partial charge on any atom is -0.495 e. The lowest BCUT2D eigenvalue weighted by Crippen LogP contribution is -2.26. The summed E-state index contributed by atoms with van der Waals surface area (Å²) in [7, 11) is 1.73. The second kappa shape index (κ2) is 6.08. The van der Waals surface area contributed by atoms with Crippen LogP contribution in [0.1, 0.15) is 24.0 Å². The minimum atomic E-state index is 0.480. The Kier molecular flexibility index (Phi) is 4.00. The van der Waals surface area contributed by atoms with Crippen molar-refractivity contribution in [2.75, 3.05) is 18.2 Å². The van der Waals surface area contributed by atoms with Crippen LogP contribution in [0.25, 0.3) is 0 Å². The summed E-state index contributed by atoms with van der Waals surface area (Å²) in [4.78, 5) is 0. The third-order valence-electron chi connectivity index (χ3n) is 4.26. The number of ether oxygens (including phenoxy) is 1. The Morgan fingerprint density at radius 1 is 1.19 bits per heavy atom. The maximum Gasteiger partial charge on any atom is 0.142 e. The fourth-order valence-electron chi connectivity index (χ4n) is 3.03. The van der Waals surface area contributed by atoms with Gasteiger partial charge >= 0.3 is 0 Å². The van der Waals surface area contributed by atoms with Gasteiger partial charge in [0.1, 0.15) is 5.75 Å². The molecule has 3 nitrogen and oxygen atoms in total. The number of rotatable bonds is 4. The highest BCUT2D eigenvalue weighted by atomic mass is 16.5. The molecule has 110 valence electrons. The summed E-state index contributed by atoms with van der Waals surface area (Å²) in [6.07, 6.45) is 4.36. The van der Waals surface area contributed by atoms with Gasteiger partial charge in [0.25, 0.3) is 0 Å². The van der Waals surface area contributed by atoms with Gasteiger partial charge in [0.15, 0.2) is 0 Å². The van der Waals surface area contributed by atoms with Crippen molar-refractivity contribution in [3.63, 3.8) is 0 Å². The van der Waals surface area contributed by atoms with Gasteiger partial charge in [0.2, 0.25) is 0 Å². The van der Waals surface area contributed by atoms with E-state index in [0.29, 0.717) is 6.04 Å². The van der Waals surface area contributed by atoms with Crippen LogP contribution in [0.4, 0.5) is 11.4 Å². The molecule has 1 aliphatic rings. The number of hydrogen-bond acceptors (Lipinski definition) is 3. The first-order chi connectivity index (χ1) is 10.3. The van der Waals surface area contributed by atoms with Crippen molar-refractivity contribution < 1.29 is 4.74 Å². The molecule has 0 aliphatic carbocycles. The van der Waals surface area contributed by atoms with E-state index in [2.05, 4.69) is 29.6 Å². The Morgan fingerprint density at radius 2 is 2.05 bits per heavy atom. The number of benzene rings is 2. The third-order valence-corrected chi connectivity index (χ3v) is 4.26. The van der Waals surface area contributed by atoms with Crippen LogP contribution in [0.3, 0.4) is 0 Å². The number of nitrogens with two attached hydrogens (primary N) is 1. The lowest BCUT2D eigenvalue weighted by Gasteiger charge is -2.28. The fraction of sp³-hybridized carbons (Fsp3) is 0.333. The molecular formula is C18H22N2O. The number of para-hydroxylation sites is 2. The predicted octanol–water partition coefficient (Wildman–Crippen LogP) is 3.64. The zero-order chi connectivity index (χ0) is 14.7. The Bertz CT molecular complexity index is 610. The standard InChI is InChI=1S/C18H22N2O/c1-21-17-8-4-6-14-10-12-15(20-18(14)17)11-9-13-5-2-3-7-16(13)19/h2-8,15,20H,9-12,19H2,1H3. The molecule has 0 bridgehead atoms. The Balaban J connectivity index is 1.68. The highest BCUT2D eigenvalue weighted by molar-refractivity contribution is 5.64. The van der Waals surface area contributed by atoms with Gasteiger partial charge in [0, 0.05) is 11.7 Å². The van der Waals surface area contributed by atoms with Crippen molar-refractivity contribution in [3.8, 4) is 5.75 Å². The second-order valence-electron chi connectivity index (χ2n) is 5.61. The zero-order valence-corrected chi connectivity index (χ0v) is 12.4.